The summed E-state index contributed by atoms with van der Waals surface area (Å²) in [4.78, 5) is 0. The zero-order valence-corrected chi connectivity index (χ0v) is 7.98. The highest BCUT2D eigenvalue weighted by molar-refractivity contribution is 9.10. The van der Waals surface area contributed by atoms with Crippen LogP contribution in [0.15, 0.2) is 22.7 Å². The third-order valence-electron chi connectivity index (χ3n) is 1.67. The Balaban J connectivity index is 3.08. The van der Waals surface area contributed by atoms with Gasteiger partial charge in [0.2, 0.25) is 0 Å². The number of hydrogen-bond acceptors (Lipinski definition) is 0. The summed E-state index contributed by atoms with van der Waals surface area (Å²) in [6.07, 6.45) is 5.93. The molecule has 0 N–H and O–H groups in total. The molecule has 1 aromatic carbocycles. The second-order valence-electron chi connectivity index (χ2n) is 2.40. The second kappa shape index (κ2) is 3.59. The maximum Gasteiger partial charge on any atom is 0.0340 e. The van der Waals surface area contributed by atoms with Crippen molar-refractivity contribution in [1.82, 2.24) is 0 Å². The summed E-state index contributed by atoms with van der Waals surface area (Å²) in [5, 5.41) is 0. The van der Waals surface area contributed by atoms with E-state index in [9.17, 15) is 0 Å². The maximum atomic E-state index is 5.21. The minimum Gasteiger partial charge on any atom is -0.120 e. The fourth-order valence-corrected chi connectivity index (χ4v) is 1.36. The second-order valence-corrected chi connectivity index (χ2v) is 3.26. The molecule has 0 aliphatic rings. The van der Waals surface area contributed by atoms with Gasteiger partial charge in [-0.2, -0.15) is 0 Å². The average molecular weight is 209 g/mol. The lowest BCUT2D eigenvalue weighted by molar-refractivity contribution is 1.23. The van der Waals surface area contributed by atoms with E-state index in [0.29, 0.717) is 6.42 Å². The van der Waals surface area contributed by atoms with Gasteiger partial charge in [0.25, 0.3) is 0 Å². The molecular formula is C10H9Br. The van der Waals surface area contributed by atoms with Crippen molar-refractivity contribution in [3.63, 3.8) is 0 Å². The third-order valence-corrected chi connectivity index (χ3v) is 2.53. The van der Waals surface area contributed by atoms with Crippen LogP contribution in [-0.2, 0) is 6.42 Å². The molecule has 0 fully saturated rings. The number of terminal acetylenes is 1. The lowest BCUT2D eigenvalue weighted by atomic mass is 10.1. The van der Waals surface area contributed by atoms with Crippen molar-refractivity contribution in [2.45, 2.75) is 13.3 Å². The molecule has 0 aromatic heterocycles. The molecular weight excluding hydrogens is 200 g/mol. The Morgan fingerprint density at radius 1 is 1.55 bits per heavy atom. The first-order chi connectivity index (χ1) is 5.25. The van der Waals surface area contributed by atoms with Crippen molar-refractivity contribution < 1.29 is 0 Å². The van der Waals surface area contributed by atoms with Crippen LogP contribution in [0.5, 0.6) is 0 Å². The zero-order chi connectivity index (χ0) is 8.27. The van der Waals surface area contributed by atoms with E-state index >= 15 is 0 Å². The topological polar surface area (TPSA) is 0 Å². The SMILES string of the molecule is C#CCc1cccc(Br)c1C. The smallest absolute Gasteiger partial charge is 0.0340 e. The highest BCUT2D eigenvalue weighted by Gasteiger charge is 1.98. The maximum absolute atomic E-state index is 5.21. The average Bonchev–Trinajstić information content (AvgIpc) is 1.99. The van der Waals surface area contributed by atoms with E-state index < -0.39 is 0 Å². The molecule has 0 bridgehead atoms. The highest BCUT2D eigenvalue weighted by atomic mass is 79.9. The minimum atomic E-state index is 0.714. The molecule has 56 valence electrons. The molecule has 0 unspecified atom stereocenters. The van der Waals surface area contributed by atoms with Crippen LogP contribution >= 0.6 is 15.9 Å². The molecule has 1 heteroatoms. The summed E-state index contributed by atoms with van der Waals surface area (Å²) >= 11 is 3.45. The quantitative estimate of drug-likeness (QED) is 0.624. The highest BCUT2D eigenvalue weighted by Crippen LogP contribution is 2.19. The van der Waals surface area contributed by atoms with Crippen LogP contribution in [0.2, 0.25) is 0 Å². The number of rotatable bonds is 1. The molecule has 0 heterocycles. The van der Waals surface area contributed by atoms with E-state index in [-0.39, 0.29) is 0 Å². The monoisotopic (exact) mass is 208 g/mol. The molecule has 11 heavy (non-hydrogen) atoms. The van der Waals surface area contributed by atoms with E-state index in [1.54, 1.807) is 0 Å². The van der Waals surface area contributed by atoms with Gasteiger partial charge in [0, 0.05) is 10.9 Å². The van der Waals surface area contributed by atoms with Crippen LogP contribution in [0.3, 0.4) is 0 Å². The minimum absolute atomic E-state index is 0.714. The third kappa shape index (κ3) is 1.85. The van der Waals surface area contributed by atoms with E-state index in [0.717, 1.165) is 4.47 Å². The van der Waals surface area contributed by atoms with Crippen LogP contribution in [-0.4, -0.2) is 0 Å². The van der Waals surface area contributed by atoms with Crippen molar-refractivity contribution in [3.8, 4) is 12.3 Å². The van der Waals surface area contributed by atoms with E-state index in [2.05, 4.69) is 34.8 Å². The Labute approximate surface area is 75.8 Å². The first-order valence-electron chi connectivity index (χ1n) is 3.43. The molecule has 0 spiro atoms. The number of hydrogen-bond donors (Lipinski definition) is 0. The molecule has 0 aliphatic carbocycles. The van der Waals surface area contributed by atoms with Gasteiger partial charge in [0.15, 0.2) is 0 Å². The van der Waals surface area contributed by atoms with Crippen LogP contribution in [0.1, 0.15) is 11.1 Å². The molecule has 0 radical (unpaired) electrons. The van der Waals surface area contributed by atoms with Gasteiger partial charge in [0.05, 0.1) is 0 Å². The fraction of sp³-hybridized carbons (Fsp3) is 0.200. The van der Waals surface area contributed by atoms with Gasteiger partial charge >= 0.3 is 0 Å². The standard InChI is InChI=1S/C10H9Br/c1-3-5-9-6-4-7-10(11)8(9)2/h1,4,6-7H,5H2,2H3. The van der Waals surface area contributed by atoms with E-state index in [4.69, 9.17) is 6.42 Å². The van der Waals surface area contributed by atoms with Crippen molar-refractivity contribution >= 4 is 15.9 Å². The molecule has 0 aliphatic heterocycles. The van der Waals surface area contributed by atoms with Gasteiger partial charge in [-0.3, -0.25) is 0 Å². The predicted molar refractivity (Wildman–Crippen MR) is 51.4 cm³/mol. The van der Waals surface area contributed by atoms with Crippen molar-refractivity contribution in [2.24, 2.45) is 0 Å². The van der Waals surface area contributed by atoms with Crippen LogP contribution in [0.4, 0.5) is 0 Å². The molecule has 0 saturated heterocycles. The number of halogens is 1. The molecule has 0 amide bonds. The van der Waals surface area contributed by atoms with Gasteiger partial charge in [-0.15, -0.1) is 12.3 Å². The first-order valence-corrected chi connectivity index (χ1v) is 4.22. The molecule has 0 nitrogen and oxygen atoms in total. The van der Waals surface area contributed by atoms with Crippen molar-refractivity contribution in [3.05, 3.63) is 33.8 Å². The van der Waals surface area contributed by atoms with Crippen molar-refractivity contribution in [2.75, 3.05) is 0 Å². The number of benzene rings is 1. The van der Waals surface area contributed by atoms with Gasteiger partial charge in [-0.05, 0) is 24.1 Å². The zero-order valence-electron chi connectivity index (χ0n) is 6.39. The summed E-state index contributed by atoms with van der Waals surface area (Å²) in [7, 11) is 0. The summed E-state index contributed by atoms with van der Waals surface area (Å²) in [6, 6.07) is 6.08. The summed E-state index contributed by atoms with van der Waals surface area (Å²) in [6.45, 7) is 2.07. The largest absolute Gasteiger partial charge is 0.120 e. The van der Waals surface area contributed by atoms with E-state index in [1.165, 1.54) is 11.1 Å². The van der Waals surface area contributed by atoms with E-state index in [1.807, 2.05) is 12.1 Å². The molecule has 1 rings (SSSR count). The van der Waals surface area contributed by atoms with Crippen LogP contribution in [0, 0.1) is 19.3 Å². The van der Waals surface area contributed by atoms with Gasteiger partial charge in [0.1, 0.15) is 0 Å². The summed E-state index contributed by atoms with van der Waals surface area (Å²) in [5.41, 5.74) is 2.47. The molecule has 0 atom stereocenters. The van der Waals surface area contributed by atoms with Crippen LogP contribution < -0.4 is 0 Å². The Kier molecular flexibility index (Phi) is 2.73. The normalized spacial score (nSPS) is 9.18. The lowest BCUT2D eigenvalue weighted by Crippen LogP contribution is -1.87. The Morgan fingerprint density at radius 3 is 2.91 bits per heavy atom. The van der Waals surface area contributed by atoms with Crippen molar-refractivity contribution in [1.29, 1.82) is 0 Å². The predicted octanol–water partition coefficient (Wildman–Crippen LogP) is 2.93. The van der Waals surface area contributed by atoms with Gasteiger partial charge in [-0.25, -0.2) is 0 Å². The lowest BCUT2D eigenvalue weighted by Gasteiger charge is -2.02. The van der Waals surface area contributed by atoms with Crippen LogP contribution in [0.25, 0.3) is 0 Å². The van der Waals surface area contributed by atoms with Gasteiger partial charge < -0.3 is 0 Å². The Hall–Kier alpha value is -0.740. The fourth-order valence-electron chi connectivity index (χ4n) is 0.954. The molecule has 0 saturated carbocycles. The summed E-state index contributed by atoms with van der Waals surface area (Å²) in [5.74, 6) is 2.63. The Bertz CT molecular complexity index is 294. The molecule has 1 aromatic rings. The Morgan fingerprint density at radius 2 is 2.27 bits per heavy atom. The van der Waals surface area contributed by atoms with Gasteiger partial charge in [-0.1, -0.05) is 28.1 Å². The summed E-state index contributed by atoms with van der Waals surface area (Å²) < 4.78 is 1.13. The first kappa shape index (κ1) is 8.36.